The Morgan fingerprint density at radius 3 is 2.60 bits per heavy atom. The Kier molecular flexibility index (Phi) is 3.28. The molecule has 1 aromatic rings. The van der Waals surface area contributed by atoms with Gasteiger partial charge in [-0.05, 0) is 18.6 Å². The quantitative estimate of drug-likeness (QED) is 0.716. The summed E-state index contributed by atoms with van der Waals surface area (Å²) in [6.07, 6.45) is -2.85. The minimum absolute atomic E-state index is 0.00449. The fourth-order valence-electron chi connectivity index (χ4n) is 1.06. The van der Waals surface area contributed by atoms with Gasteiger partial charge >= 0.3 is 5.97 Å². The van der Waals surface area contributed by atoms with E-state index in [1.165, 1.54) is 6.92 Å². The molecule has 0 saturated heterocycles. The van der Waals surface area contributed by atoms with Gasteiger partial charge in [-0.2, -0.15) is 0 Å². The van der Waals surface area contributed by atoms with Crippen molar-refractivity contribution >= 4 is 5.97 Å². The third-order valence-electron chi connectivity index (χ3n) is 1.79. The van der Waals surface area contributed by atoms with Crippen LogP contribution in [-0.2, 0) is 4.74 Å². The van der Waals surface area contributed by atoms with Gasteiger partial charge in [0.25, 0.3) is 6.43 Å². The van der Waals surface area contributed by atoms with Crippen molar-refractivity contribution < 1.29 is 22.7 Å². The Morgan fingerprint density at radius 2 is 2.13 bits per heavy atom. The smallest absolute Gasteiger partial charge is 0.359 e. The van der Waals surface area contributed by atoms with E-state index >= 15 is 0 Å². The number of ether oxygens (including phenoxy) is 1. The fraction of sp³-hybridized carbons (Fsp3) is 0.333. The van der Waals surface area contributed by atoms with Crippen molar-refractivity contribution in [1.29, 1.82) is 0 Å². The Morgan fingerprint density at radius 1 is 1.53 bits per heavy atom. The van der Waals surface area contributed by atoms with Gasteiger partial charge in [-0.3, -0.25) is 0 Å². The van der Waals surface area contributed by atoms with Crippen molar-refractivity contribution in [3.05, 3.63) is 28.8 Å². The van der Waals surface area contributed by atoms with Gasteiger partial charge in [0.15, 0.2) is 11.5 Å². The van der Waals surface area contributed by atoms with Crippen LogP contribution in [0.15, 0.2) is 6.07 Å². The maximum atomic E-state index is 13.1. The lowest BCUT2D eigenvalue weighted by molar-refractivity contribution is 0.0586. The minimum atomic E-state index is -2.85. The van der Waals surface area contributed by atoms with Crippen LogP contribution in [0, 0.1) is 12.7 Å². The number of methoxy groups -OCH3 is 1. The van der Waals surface area contributed by atoms with Crippen molar-refractivity contribution in [1.82, 2.24) is 4.98 Å². The first-order valence-electron chi connectivity index (χ1n) is 4.01. The number of aromatic nitrogens is 1. The van der Waals surface area contributed by atoms with Crippen LogP contribution < -0.4 is 0 Å². The lowest BCUT2D eigenvalue weighted by Gasteiger charge is -2.06. The Hall–Kier alpha value is -1.59. The van der Waals surface area contributed by atoms with Gasteiger partial charge in [0.05, 0.1) is 7.11 Å². The first kappa shape index (κ1) is 11.5. The molecule has 0 fully saturated rings. The maximum absolute atomic E-state index is 13.1. The average Bonchev–Trinajstić information content (AvgIpc) is 2.16. The Balaban J connectivity index is 3.29. The first-order chi connectivity index (χ1) is 6.97. The number of carbonyl (C=O) groups is 1. The second-order valence-electron chi connectivity index (χ2n) is 2.81. The second kappa shape index (κ2) is 4.29. The average molecular weight is 219 g/mol. The van der Waals surface area contributed by atoms with E-state index in [1.807, 2.05) is 0 Å². The van der Waals surface area contributed by atoms with Crippen LogP contribution in [0.4, 0.5) is 13.2 Å². The van der Waals surface area contributed by atoms with E-state index in [9.17, 15) is 18.0 Å². The highest BCUT2D eigenvalue weighted by Gasteiger charge is 2.20. The number of rotatable bonds is 2. The van der Waals surface area contributed by atoms with Crippen LogP contribution >= 0.6 is 0 Å². The summed E-state index contributed by atoms with van der Waals surface area (Å²) in [6, 6.07) is 0.834. The standard InChI is InChI=1S/C9H8F3NO2/c1-4-3-5(10)7(9(14)15-2)13-6(4)8(11)12/h3,8H,1-2H3. The number of alkyl halides is 2. The van der Waals surface area contributed by atoms with E-state index in [0.29, 0.717) is 0 Å². The fourth-order valence-corrected chi connectivity index (χ4v) is 1.06. The first-order valence-corrected chi connectivity index (χ1v) is 4.01. The van der Waals surface area contributed by atoms with Crippen molar-refractivity contribution in [3.63, 3.8) is 0 Å². The van der Waals surface area contributed by atoms with Crippen LogP contribution in [0.1, 0.15) is 28.2 Å². The monoisotopic (exact) mass is 219 g/mol. The summed E-state index contributed by atoms with van der Waals surface area (Å²) in [7, 11) is 1.02. The largest absolute Gasteiger partial charge is 0.464 e. The molecule has 0 unspecified atom stereocenters. The third kappa shape index (κ3) is 2.26. The highest BCUT2D eigenvalue weighted by molar-refractivity contribution is 5.87. The number of halogens is 3. The van der Waals surface area contributed by atoms with Crippen LogP contribution in [-0.4, -0.2) is 18.1 Å². The molecule has 1 aromatic heterocycles. The summed E-state index contributed by atoms with van der Waals surface area (Å²) in [5.41, 5.74) is -1.34. The number of nitrogens with zero attached hydrogens (tertiary/aromatic N) is 1. The van der Waals surface area contributed by atoms with Gasteiger partial charge < -0.3 is 4.74 Å². The predicted octanol–water partition coefficient (Wildman–Crippen LogP) is 2.25. The van der Waals surface area contributed by atoms with Gasteiger partial charge in [0.2, 0.25) is 0 Å². The zero-order chi connectivity index (χ0) is 11.6. The summed E-state index contributed by atoms with van der Waals surface area (Å²) in [4.78, 5) is 14.2. The van der Waals surface area contributed by atoms with E-state index < -0.39 is 29.6 Å². The van der Waals surface area contributed by atoms with Gasteiger partial charge in [0, 0.05) is 0 Å². The second-order valence-corrected chi connectivity index (χ2v) is 2.81. The van der Waals surface area contributed by atoms with Gasteiger partial charge in [-0.15, -0.1) is 0 Å². The molecule has 0 aliphatic rings. The molecular formula is C9H8F3NO2. The summed E-state index contributed by atoms with van der Waals surface area (Å²) >= 11 is 0. The molecular weight excluding hydrogens is 211 g/mol. The number of carbonyl (C=O) groups excluding carboxylic acids is 1. The molecule has 0 aromatic carbocycles. The molecule has 0 atom stereocenters. The molecule has 1 heterocycles. The van der Waals surface area contributed by atoms with Crippen LogP contribution in [0.5, 0.6) is 0 Å². The highest BCUT2D eigenvalue weighted by atomic mass is 19.3. The number of hydrogen-bond donors (Lipinski definition) is 0. The summed E-state index contributed by atoms with van der Waals surface area (Å²) < 4.78 is 42.1. The number of esters is 1. The number of hydrogen-bond acceptors (Lipinski definition) is 3. The van der Waals surface area contributed by atoms with Crippen LogP contribution in [0.3, 0.4) is 0 Å². The summed E-state index contributed by atoms with van der Waals surface area (Å²) in [6.45, 7) is 1.29. The molecule has 6 heteroatoms. The van der Waals surface area contributed by atoms with Crippen molar-refractivity contribution in [2.24, 2.45) is 0 Å². The van der Waals surface area contributed by atoms with Crippen molar-refractivity contribution in [3.8, 4) is 0 Å². The molecule has 0 N–H and O–H groups in total. The molecule has 0 aliphatic heterocycles. The summed E-state index contributed by atoms with van der Waals surface area (Å²) in [5, 5.41) is 0. The van der Waals surface area contributed by atoms with E-state index in [4.69, 9.17) is 0 Å². The topological polar surface area (TPSA) is 39.2 Å². The van der Waals surface area contributed by atoms with Crippen molar-refractivity contribution in [2.45, 2.75) is 13.3 Å². The van der Waals surface area contributed by atoms with Gasteiger partial charge in [-0.25, -0.2) is 22.9 Å². The Bertz CT molecular complexity index is 393. The minimum Gasteiger partial charge on any atom is -0.464 e. The molecule has 0 spiro atoms. The highest BCUT2D eigenvalue weighted by Crippen LogP contribution is 2.22. The SMILES string of the molecule is COC(=O)c1nc(C(F)F)c(C)cc1F. The van der Waals surface area contributed by atoms with E-state index in [2.05, 4.69) is 9.72 Å². The molecule has 0 radical (unpaired) electrons. The van der Waals surface area contributed by atoms with E-state index in [0.717, 1.165) is 13.2 Å². The lowest BCUT2D eigenvalue weighted by Crippen LogP contribution is -2.10. The molecule has 0 amide bonds. The number of aryl methyl sites for hydroxylation is 1. The lowest BCUT2D eigenvalue weighted by atomic mass is 10.2. The van der Waals surface area contributed by atoms with Gasteiger partial charge in [0.1, 0.15) is 5.69 Å². The van der Waals surface area contributed by atoms with E-state index in [-0.39, 0.29) is 5.56 Å². The molecule has 0 bridgehead atoms. The predicted molar refractivity (Wildman–Crippen MR) is 45.2 cm³/mol. The molecule has 15 heavy (non-hydrogen) atoms. The third-order valence-corrected chi connectivity index (χ3v) is 1.79. The van der Waals surface area contributed by atoms with E-state index in [1.54, 1.807) is 0 Å². The Labute approximate surface area is 83.9 Å². The molecule has 1 rings (SSSR count). The molecule has 0 saturated carbocycles. The zero-order valence-electron chi connectivity index (χ0n) is 8.05. The van der Waals surface area contributed by atoms with Crippen LogP contribution in [0.25, 0.3) is 0 Å². The number of pyridine rings is 1. The molecule has 3 nitrogen and oxygen atoms in total. The summed E-state index contributed by atoms with van der Waals surface area (Å²) in [5.74, 6) is -2.04. The normalized spacial score (nSPS) is 10.5. The van der Waals surface area contributed by atoms with Crippen molar-refractivity contribution in [2.75, 3.05) is 7.11 Å². The molecule has 0 aliphatic carbocycles. The zero-order valence-corrected chi connectivity index (χ0v) is 8.05. The van der Waals surface area contributed by atoms with Gasteiger partial charge in [-0.1, -0.05) is 0 Å². The van der Waals surface area contributed by atoms with Crippen LogP contribution in [0.2, 0.25) is 0 Å². The maximum Gasteiger partial charge on any atom is 0.359 e. The molecule has 82 valence electrons.